The second-order valence-corrected chi connectivity index (χ2v) is 7.74. The van der Waals surface area contributed by atoms with Gasteiger partial charge in [-0.15, -0.1) is 11.3 Å². The molecule has 140 valence electrons. The Hall–Kier alpha value is -2.90. The minimum Gasteiger partial charge on any atom is -0.356 e. The first-order valence-corrected chi connectivity index (χ1v) is 9.95. The first-order chi connectivity index (χ1) is 13.7. The number of nitrogens with zero attached hydrogens (tertiary/aromatic N) is 4. The van der Waals surface area contributed by atoms with Gasteiger partial charge in [0.25, 0.3) is 0 Å². The van der Waals surface area contributed by atoms with Crippen LogP contribution in [0.2, 0.25) is 0 Å². The summed E-state index contributed by atoms with van der Waals surface area (Å²) >= 11 is 1.66. The summed E-state index contributed by atoms with van der Waals surface area (Å²) in [4.78, 5) is 12.7. The molecule has 0 amide bonds. The molecule has 4 aromatic rings. The molecule has 1 aliphatic rings. The average molecular weight is 392 g/mol. The summed E-state index contributed by atoms with van der Waals surface area (Å²) in [7, 11) is 0. The Kier molecular flexibility index (Phi) is 4.46. The molecule has 3 aromatic heterocycles. The van der Waals surface area contributed by atoms with Gasteiger partial charge < -0.3 is 4.52 Å². The van der Waals surface area contributed by atoms with E-state index in [4.69, 9.17) is 9.51 Å². The van der Waals surface area contributed by atoms with Crippen molar-refractivity contribution in [1.29, 1.82) is 0 Å². The highest BCUT2D eigenvalue weighted by atomic mass is 32.1. The maximum Gasteiger partial charge on any atom is 0.169 e. The zero-order valence-electron chi connectivity index (χ0n) is 15.0. The molecule has 4 heterocycles. The first-order valence-electron chi connectivity index (χ1n) is 9.07. The molecule has 0 saturated carbocycles. The lowest BCUT2D eigenvalue weighted by Crippen LogP contribution is -2.31. The molecule has 0 unspecified atom stereocenters. The molecule has 0 N–H and O–H groups in total. The van der Waals surface area contributed by atoms with Crippen molar-refractivity contribution >= 4 is 11.3 Å². The number of aromatic nitrogens is 3. The molecule has 5 nitrogen and oxygen atoms in total. The molecule has 0 bridgehead atoms. The predicted octanol–water partition coefficient (Wildman–Crippen LogP) is 4.56. The second-order valence-electron chi connectivity index (χ2n) is 6.79. The van der Waals surface area contributed by atoms with Crippen molar-refractivity contribution in [2.75, 3.05) is 6.54 Å². The Bertz CT molecular complexity index is 1090. The van der Waals surface area contributed by atoms with E-state index in [9.17, 15) is 4.39 Å². The molecule has 0 atom stereocenters. The average Bonchev–Trinajstić information content (AvgIpc) is 3.41. The normalized spacial score (nSPS) is 14.2. The van der Waals surface area contributed by atoms with Crippen molar-refractivity contribution in [3.63, 3.8) is 0 Å². The Balaban J connectivity index is 1.29. The van der Waals surface area contributed by atoms with Crippen molar-refractivity contribution in [2.24, 2.45) is 0 Å². The Morgan fingerprint density at radius 3 is 2.89 bits per heavy atom. The largest absolute Gasteiger partial charge is 0.356 e. The zero-order valence-corrected chi connectivity index (χ0v) is 15.8. The Labute approximate surface area is 165 Å². The fourth-order valence-corrected chi connectivity index (χ4v) is 4.06. The van der Waals surface area contributed by atoms with Crippen LogP contribution >= 0.6 is 11.3 Å². The number of fused-ring (bicyclic) bond motifs is 1. The maximum absolute atomic E-state index is 13.1. The predicted molar refractivity (Wildman–Crippen MR) is 105 cm³/mol. The quantitative estimate of drug-likeness (QED) is 0.510. The van der Waals surface area contributed by atoms with E-state index < -0.39 is 0 Å². The van der Waals surface area contributed by atoms with Gasteiger partial charge in [-0.05, 0) is 35.7 Å². The summed E-state index contributed by atoms with van der Waals surface area (Å²) in [6.07, 6.45) is 2.83. The van der Waals surface area contributed by atoms with Crippen molar-refractivity contribution in [2.45, 2.75) is 19.5 Å². The SMILES string of the molecule is Fc1ccc(-c2cc(CN3CCc4nc(-c5cccs5)ncc4C3)no2)cc1. The van der Waals surface area contributed by atoms with Gasteiger partial charge >= 0.3 is 0 Å². The van der Waals surface area contributed by atoms with Crippen LogP contribution in [0.3, 0.4) is 0 Å². The second kappa shape index (κ2) is 7.26. The summed E-state index contributed by atoms with van der Waals surface area (Å²) in [6.45, 7) is 2.39. The topological polar surface area (TPSA) is 55.1 Å². The van der Waals surface area contributed by atoms with Crippen LogP contribution in [0.5, 0.6) is 0 Å². The van der Waals surface area contributed by atoms with Crippen LogP contribution in [0.4, 0.5) is 4.39 Å². The molecule has 0 saturated heterocycles. The van der Waals surface area contributed by atoms with Crippen molar-refractivity contribution in [3.8, 4) is 22.0 Å². The number of halogens is 1. The number of hydrogen-bond donors (Lipinski definition) is 0. The van der Waals surface area contributed by atoms with Gasteiger partial charge in [0.15, 0.2) is 11.6 Å². The van der Waals surface area contributed by atoms with Gasteiger partial charge in [0.1, 0.15) is 5.82 Å². The summed E-state index contributed by atoms with van der Waals surface area (Å²) < 4.78 is 18.5. The van der Waals surface area contributed by atoms with E-state index in [1.54, 1.807) is 23.5 Å². The number of thiophene rings is 1. The van der Waals surface area contributed by atoms with E-state index in [-0.39, 0.29) is 5.82 Å². The van der Waals surface area contributed by atoms with E-state index >= 15 is 0 Å². The van der Waals surface area contributed by atoms with Crippen molar-refractivity contribution in [3.05, 3.63) is 76.8 Å². The van der Waals surface area contributed by atoms with Crippen LogP contribution in [-0.2, 0) is 19.5 Å². The first kappa shape index (κ1) is 17.2. The number of benzene rings is 1. The molecule has 1 aliphatic heterocycles. The van der Waals surface area contributed by atoms with E-state index in [0.717, 1.165) is 52.7 Å². The highest BCUT2D eigenvalue weighted by Crippen LogP contribution is 2.26. The van der Waals surface area contributed by atoms with Crippen LogP contribution < -0.4 is 0 Å². The molecule has 0 spiro atoms. The highest BCUT2D eigenvalue weighted by Gasteiger charge is 2.20. The molecular formula is C21H17FN4OS. The Morgan fingerprint density at radius 1 is 1.18 bits per heavy atom. The van der Waals surface area contributed by atoms with Gasteiger partial charge in [-0.25, -0.2) is 14.4 Å². The summed E-state index contributed by atoms with van der Waals surface area (Å²) in [5.74, 6) is 1.19. The lowest BCUT2D eigenvalue weighted by atomic mass is 10.1. The third-order valence-corrected chi connectivity index (χ3v) is 5.69. The number of rotatable bonds is 4. The van der Waals surface area contributed by atoms with Gasteiger partial charge in [0, 0.05) is 49.4 Å². The van der Waals surface area contributed by atoms with E-state index in [2.05, 4.69) is 15.0 Å². The fourth-order valence-electron chi connectivity index (χ4n) is 3.40. The van der Waals surface area contributed by atoms with Gasteiger partial charge in [-0.2, -0.15) is 0 Å². The van der Waals surface area contributed by atoms with Crippen LogP contribution in [0.25, 0.3) is 22.0 Å². The van der Waals surface area contributed by atoms with E-state index in [1.807, 2.05) is 29.8 Å². The van der Waals surface area contributed by atoms with Crippen molar-refractivity contribution in [1.82, 2.24) is 20.0 Å². The lowest BCUT2D eigenvalue weighted by Gasteiger charge is -2.27. The van der Waals surface area contributed by atoms with Crippen LogP contribution in [-0.4, -0.2) is 26.6 Å². The molecule has 0 aliphatic carbocycles. The number of hydrogen-bond acceptors (Lipinski definition) is 6. The van der Waals surface area contributed by atoms with Gasteiger partial charge in [-0.3, -0.25) is 4.90 Å². The third kappa shape index (κ3) is 3.46. The molecule has 5 rings (SSSR count). The van der Waals surface area contributed by atoms with Gasteiger partial charge in [0.2, 0.25) is 0 Å². The smallest absolute Gasteiger partial charge is 0.169 e. The lowest BCUT2D eigenvalue weighted by molar-refractivity contribution is 0.235. The summed E-state index contributed by atoms with van der Waals surface area (Å²) in [6, 6.07) is 12.2. The highest BCUT2D eigenvalue weighted by molar-refractivity contribution is 7.13. The van der Waals surface area contributed by atoms with E-state index in [1.165, 1.54) is 12.1 Å². The standard InChI is InChI=1S/C21H17FN4OS/c22-16-5-3-14(4-6-16)19-10-17(25-27-19)13-26-8-7-18-15(12-26)11-23-21(24-18)20-2-1-9-28-20/h1-6,9-11H,7-8,12-13H2. The van der Waals surface area contributed by atoms with Crippen molar-refractivity contribution < 1.29 is 8.91 Å². The summed E-state index contributed by atoms with van der Waals surface area (Å²) in [5.41, 5.74) is 3.97. The maximum atomic E-state index is 13.1. The van der Waals surface area contributed by atoms with E-state index in [0.29, 0.717) is 12.3 Å². The van der Waals surface area contributed by atoms with Crippen LogP contribution in [0.15, 0.2) is 58.6 Å². The van der Waals surface area contributed by atoms with Crippen LogP contribution in [0, 0.1) is 5.82 Å². The molecule has 1 aromatic carbocycles. The fraction of sp³-hybridized carbons (Fsp3) is 0.190. The molecule has 0 fully saturated rings. The molecule has 7 heteroatoms. The molecule has 28 heavy (non-hydrogen) atoms. The van der Waals surface area contributed by atoms with Gasteiger partial charge in [0.05, 0.1) is 16.3 Å². The molecule has 0 radical (unpaired) electrons. The van der Waals surface area contributed by atoms with Gasteiger partial charge in [-0.1, -0.05) is 11.2 Å². The Morgan fingerprint density at radius 2 is 2.07 bits per heavy atom. The summed E-state index contributed by atoms with van der Waals surface area (Å²) in [5, 5.41) is 6.21. The minimum absolute atomic E-state index is 0.264. The monoisotopic (exact) mass is 392 g/mol. The molecular weight excluding hydrogens is 375 g/mol. The zero-order chi connectivity index (χ0) is 18.9. The van der Waals surface area contributed by atoms with Crippen LogP contribution in [0.1, 0.15) is 17.0 Å². The minimum atomic E-state index is -0.264. The third-order valence-electron chi connectivity index (χ3n) is 4.83.